The molecule has 0 radical (unpaired) electrons. The lowest BCUT2D eigenvalue weighted by atomic mass is 10.1. The van der Waals surface area contributed by atoms with Gasteiger partial charge < -0.3 is 21.1 Å². The van der Waals surface area contributed by atoms with Crippen molar-refractivity contribution in [2.24, 2.45) is 17.4 Å². The summed E-state index contributed by atoms with van der Waals surface area (Å²) >= 11 is 0. The third-order valence-corrected chi connectivity index (χ3v) is 2.19. The second kappa shape index (κ2) is 8.03. The summed E-state index contributed by atoms with van der Waals surface area (Å²) in [5.41, 5.74) is 10.8. The van der Waals surface area contributed by atoms with Gasteiger partial charge in [-0.1, -0.05) is 13.8 Å². The first kappa shape index (κ1) is 15.9. The monoisotopic (exact) mass is 245 g/mol. The molecule has 0 spiro atoms. The van der Waals surface area contributed by atoms with Crippen LogP contribution in [0.25, 0.3) is 0 Å². The Balaban J connectivity index is 4.44. The summed E-state index contributed by atoms with van der Waals surface area (Å²) in [6.07, 6.45) is 0.433. The van der Waals surface area contributed by atoms with E-state index in [-0.39, 0.29) is 18.4 Å². The fourth-order valence-corrected chi connectivity index (χ4v) is 1.46. The molecule has 4 N–H and O–H groups in total. The highest BCUT2D eigenvalue weighted by molar-refractivity contribution is 5.86. The lowest BCUT2D eigenvalue weighted by molar-refractivity contribution is -0.137. The number of amides is 2. The minimum Gasteiger partial charge on any atom is -0.385 e. The van der Waals surface area contributed by atoms with Crippen LogP contribution in [0.5, 0.6) is 0 Å². The van der Waals surface area contributed by atoms with E-state index in [0.717, 1.165) is 0 Å². The molecule has 0 aliphatic rings. The van der Waals surface area contributed by atoms with Crippen molar-refractivity contribution in [2.75, 3.05) is 26.8 Å². The number of primary amides is 1. The van der Waals surface area contributed by atoms with Crippen LogP contribution in [-0.2, 0) is 14.3 Å². The van der Waals surface area contributed by atoms with Gasteiger partial charge in [-0.25, -0.2) is 0 Å². The van der Waals surface area contributed by atoms with E-state index < -0.39 is 11.9 Å². The minimum absolute atomic E-state index is 0.0856. The van der Waals surface area contributed by atoms with E-state index in [0.29, 0.717) is 19.6 Å². The van der Waals surface area contributed by atoms with Crippen LogP contribution in [-0.4, -0.2) is 49.6 Å². The summed E-state index contributed by atoms with van der Waals surface area (Å²) < 4.78 is 4.86. The zero-order valence-electron chi connectivity index (χ0n) is 10.8. The molecule has 0 aromatic rings. The molecule has 0 aliphatic heterocycles. The molecule has 1 atom stereocenters. The molecule has 0 aromatic heterocycles. The third kappa shape index (κ3) is 6.91. The second-order valence-electron chi connectivity index (χ2n) is 4.47. The first-order chi connectivity index (χ1) is 7.88. The van der Waals surface area contributed by atoms with Gasteiger partial charge in [0.1, 0.15) is 0 Å². The number of carbonyl (C=O) groups is 2. The zero-order chi connectivity index (χ0) is 13.4. The molecule has 17 heavy (non-hydrogen) atoms. The van der Waals surface area contributed by atoms with Gasteiger partial charge in [-0.2, -0.15) is 0 Å². The number of carbonyl (C=O) groups excluding carboxylic acids is 2. The van der Waals surface area contributed by atoms with Crippen LogP contribution >= 0.6 is 0 Å². The highest BCUT2D eigenvalue weighted by atomic mass is 16.5. The Morgan fingerprint density at radius 3 is 2.35 bits per heavy atom. The van der Waals surface area contributed by atoms with Crippen molar-refractivity contribution in [3.8, 4) is 0 Å². The van der Waals surface area contributed by atoms with E-state index in [9.17, 15) is 9.59 Å². The highest BCUT2D eigenvalue weighted by Gasteiger charge is 2.22. The highest BCUT2D eigenvalue weighted by Crippen LogP contribution is 2.03. The van der Waals surface area contributed by atoms with E-state index in [1.807, 2.05) is 13.8 Å². The van der Waals surface area contributed by atoms with Crippen LogP contribution in [0.4, 0.5) is 0 Å². The van der Waals surface area contributed by atoms with E-state index in [1.165, 1.54) is 4.90 Å². The van der Waals surface area contributed by atoms with Crippen LogP contribution in [0.1, 0.15) is 20.3 Å². The van der Waals surface area contributed by atoms with Crippen LogP contribution in [0.3, 0.4) is 0 Å². The number of ether oxygens (including phenoxy) is 1. The number of nitrogens with zero attached hydrogens (tertiary/aromatic N) is 1. The summed E-state index contributed by atoms with van der Waals surface area (Å²) in [4.78, 5) is 24.3. The SMILES string of the molecule is COCCC(N)C(=O)N(CC(N)=O)CC(C)C. The Bertz CT molecular complexity index is 256. The number of nitrogens with two attached hydrogens (primary N) is 2. The molecular formula is C11H23N3O3. The molecule has 1 unspecified atom stereocenters. The predicted octanol–water partition coefficient (Wildman–Crippen LogP) is -0.680. The molecule has 6 nitrogen and oxygen atoms in total. The van der Waals surface area contributed by atoms with E-state index >= 15 is 0 Å². The van der Waals surface area contributed by atoms with Crippen LogP contribution in [0.15, 0.2) is 0 Å². The van der Waals surface area contributed by atoms with Crippen molar-refractivity contribution in [1.82, 2.24) is 4.90 Å². The topological polar surface area (TPSA) is 98.7 Å². The quantitative estimate of drug-likeness (QED) is 0.592. The summed E-state index contributed by atoms with van der Waals surface area (Å²) in [7, 11) is 1.55. The van der Waals surface area contributed by atoms with Crippen molar-refractivity contribution in [3.05, 3.63) is 0 Å². The van der Waals surface area contributed by atoms with Gasteiger partial charge >= 0.3 is 0 Å². The number of methoxy groups -OCH3 is 1. The molecule has 0 aromatic carbocycles. The molecule has 100 valence electrons. The molecule has 0 aliphatic carbocycles. The van der Waals surface area contributed by atoms with Crippen LogP contribution in [0.2, 0.25) is 0 Å². The summed E-state index contributed by atoms with van der Waals surface area (Å²) in [5.74, 6) is -0.527. The third-order valence-electron chi connectivity index (χ3n) is 2.19. The summed E-state index contributed by atoms with van der Waals surface area (Å²) in [6, 6.07) is -0.645. The zero-order valence-corrected chi connectivity index (χ0v) is 10.8. The Hall–Kier alpha value is -1.14. The normalized spacial score (nSPS) is 12.5. The van der Waals surface area contributed by atoms with Crippen LogP contribution < -0.4 is 11.5 Å². The first-order valence-electron chi connectivity index (χ1n) is 5.70. The fraction of sp³-hybridized carbons (Fsp3) is 0.818. The molecular weight excluding hydrogens is 222 g/mol. The molecule has 0 bridgehead atoms. The maximum atomic E-state index is 12.0. The summed E-state index contributed by atoms with van der Waals surface area (Å²) in [6.45, 7) is 4.73. The Morgan fingerprint density at radius 2 is 1.94 bits per heavy atom. The predicted molar refractivity (Wildman–Crippen MR) is 65.1 cm³/mol. The number of rotatable bonds is 8. The fourth-order valence-electron chi connectivity index (χ4n) is 1.46. The average Bonchev–Trinajstić information content (AvgIpc) is 2.22. The molecule has 0 heterocycles. The smallest absolute Gasteiger partial charge is 0.240 e. The van der Waals surface area contributed by atoms with Gasteiger partial charge in [-0.05, 0) is 12.3 Å². The van der Waals surface area contributed by atoms with Gasteiger partial charge in [0.15, 0.2) is 0 Å². The van der Waals surface area contributed by atoms with Crippen molar-refractivity contribution < 1.29 is 14.3 Å². The van der Waals surface area contributed by atoms with Crippen molar-refractivity contribution in [3.63, 3.8) is 0 Å². The van der Waals surface area contributed by atoms with E-state index in [1.54, 1.807) is 7.11 Å². The Morgan fingerprint density at radius 1 is 1.35 bits per heavy atom. The molecule has 0 saturated heterocycles. The van der Waals surface area contributed by atoms with Crippen LogP contribution in [0, 0.1) is 5.92 Å². The second-order valence-corrected chi connectivity index (χ2v) is 4.47. The maximum absolute atomic E-state index is 12.0. The molecule has 0 rings (SSSR count). The minimum atomic E-state index is -0.645. The lowest BCUT2D eigenvalue weighted by Gasteiger charge is -2.26. The summed E-state index contributed by atoms with van der Waals surface area (Å²) in [5, 5.41) is 0. The van der Waals surface area contributed by atoms with Gasteiger partial charge in [-0.3, -0.25) is 9.59 Å². The molecule has 0 saturated carbocycles. The van der Waals surface area contributed by atoms with E-state index in [2.05, 4.69) is 0 Å². The average molecular weight is 245 g/mol. The van der Waals surface area contributed by atoms with Crippen molar-refractivity contribution in [1.29, 1.82) is 0 Å². The van der Waals surface area contributed by atoms with Crippen molar-refractivity contribution >= 4 is 11.8 Å². The number of hydrogen-bond acceptors (Lipinski definition) is 4. The first-order valence-corrected chi connectivity index (χ1v) is 5.70. The Kier molecular flexibility index (Phi) is 7.49. The van der Waals surface area contributed by atoms with E-state index in [4.69, 9.17) is 16.2 Å². The van der Waals surface area contributed by atoms with Crippen molar-refractivity contribution in [2.45, 2.75) is 26.3 Å². The molecule has 0 fully saturated rings. The maximum Gasteiger partial charge on any atom is 0.240 e. The van der Waals surface area contributed by atoms with Gasteiger partial charge in [0.05, 0.1) is 12.6 Å². The molecule has 6 heteroatoms. The standard InChI is InChI=1S/C11H23N3O3/c1-8(2)6-14(7-10(13)15)11(16)9(12)4-5-17-3/h8-9H,4-7,12H2,1-3H3,(H2,13,15). The largest absolute Gasteiger partial charge is 0.385 e. The van der Waals surface area contributed by atoms with Gasteiger partial charge in [-0.15, -0.1) is 0 Å². The van der Waals surface area contributed by atoms with Gasteiger partial charge in [0, 0.05) is 20.3 Å². The Labute approximate surface area is 102 Å². The lowest BCUT2D eigenvalue weighted by Crippen LogP contribution is -2.48. The van der Waals surface area contributed by atoms with Gasteiger partial charge in [0.2, 0.25) is 11.8 Å². The molecule has 2 amide bonds. The van der Waals surface area contributed by atoms with Gasteiger partial charge in [0.25, 0.3) is 0 Å². The number of hydrogen-bond donors (Lipinski definition) is 2.